The van der Waals surface area contributed by atoms with E-state index in [-0.39, 0.29) is 6.61 Å². The zero-order chi connectivity index (χ0) is 19.6. The molecular weight excluding hydrogens is 354 g/mol. The zero-order valence-electron chi connectivity index (χ0n) is 15.6. The monoisotopic (exact) mass is 377 g/mol. The van der Waals surface area contributed by atoms with Crippen molar-refractivity contribution in [3.05, 3.63) is 89.8 Å². The Morgan fingerprint density at radius 3 is 1.93 bits per heavy atom. The van der Waals surface area contributed by atoms with Crippen molar-refractivity contribution in [2.24, 2.45) is 5.73 Å². The summed E-state index contributed by atoms with van der Waals surface area (Å²) in [4.78, 5) is 26.4. The number of hydrogen-bond acceptors (Lipinski definition) is 6. The Kier molecular flexibility index (Phi) is 7.17. The van der Waals surface area contributed by atoms with Gasteiger partial charge in [0, 0.05) is 38.2 Å². The smallest absolute Gasteiger partial charge is 0.243 e. The maximum Gasteiger partial charge on any atom is 0.243 e. The summed E-state index contributed by atoms with van der Waals surface area (Å²) in [6.45, 7) is 2.27. The highest BCUT2D eigenvalue weighted by molar-refractivity contribution is 5.74. The highest BCUT2D eigenvalue weighted by atomic mass is 16.5. The number of nitrogens with zero attached hydrogens (tertiary/aromatic N) is 4. The topological polar surface area (TPSA) is 94.2 Å². The van der Waals surface area contributed by atoms with Crippen LogP contribution in [0, 0.1) is 0 Å². The van der Waals surface area contributed by atoms with Gasteiger partial charge in [0.15, 0.2) is 0 Å². The van der Waals surface area contributed by atoms with Gasteiger partial charge in [-0.15, -0.1) is 0 Å². The van der Waals surface area contributed by atoms with Crippen LogP contribution < -0.4 is 5.73 Å². The molecule has 0 saturated heterocycles. The predicted octanol–water partition coefficient (Wildman–Crippen LogP) is 2.08. The first-order valence-electron chi connectivity index (χ1n) is 9.01. The number of ether oxygens (including phenoxy) is 1. The van der Waals surface area contributed by atoms with Crippen LogP contribution in [0.4, 0.5) is 0 Å². The van der Waals surface area contributed by atoms with Crippen molar-refractivity contribution in [2.45, 2.75) is 26.2 Å². The number of primary amides is 1. The van der Waals surface area contributed by atoms with Gasteiger partial charge in [-0.3, -0.25) is 24.6 Å². The minimum atomic E-state index is -0.482. The number of pyridine rings is 3. The fourth-order valence-electron chi connectivity index (χ4n) is 2.74. The van der Waals surface area contributed by atoms with E-state index in [2.05, 4.69) is 19.9 Å². The SMILES string of the molecule is NC(=O)COCc1ccc(CN(Cc2ccccn2)Cc2ccccn2)nc1. The maximum absolute atomic E-state index is 10.7. The number of aromatic nitrogens is 3. The molecule has 3 aromatic heterocycles. The maximum atomic E-state index is 10.7. The standard InChI is InChI=1S/C21H23N5O2/c22-21(27)16-28-15-17-7-8-20(25-11-17)14-26(12-18-5-1-3-9-23-18)13-19-6-2-4-10-24-19/h1-11H,12-16H2,(H2,22,27). The van der Waals surface area contributed by atoms with Crippen LogP contribution in [0.1, 0.15) is 22.6 Å². The normalized spacial score (nSPS) is 10.9. The minimum absolute atomic E-state index is 0.0936. The zero-order valence-corrected chi connectivity index (χ0v) is 15.6. The summed E-state index contributed by atoms with van der Waals surface area (Å²) in [5.41, 5.74) is 8.89. The van der Waals surface area contributed by atoms with Crippen molar-refractivity contribution in [3.63, 3.8) is 0 Å². The van der Waals surface area contributed by atoms with Gasteiger partial charge in [0.1, 0.15) is 6.61 Å². The summed E-state index contributed by atoms with van der Waals surface area (Å²) >= 11 is 0. The molecule has 3 heterocycles. The Balaban J connectivity index is 1.65. The molecule has 0 aliphatic heterocycles. The van der Waals surface area contributed by atoms with Crippen LogP contribution in [0.5, 0.6) is 0 Å². The van der Waals surface area contributed by atoms with Crippen molar-refractivity contribution in [2.75, 3.05) is 6.61 Å². The average Bonchev–Trinajstić information content (AvgIpc) is 2.70. The number of amides is 1. The second kappa shape index (κ2) is 10.2. The third-order valence-corrected chi connectivity index (χ3v) is 4.01. The Morgan fingerprint density at radius 1 is 0.857 bits per heavy atom. The Bertz CT molecular complexity index is 815. The molecule has 1 amide bonds. The Hall–Kier alpha value is -3.16. The minimum Gasteiger partial charge on any atom is -0.368 e. The Labute approximate surface area is 164 Å². The predicted molar refractivity (Wildman–Crippen MR) is 105 cm³/mol. The van der Waals surface area contributed by atoms with Gasteiger partial charge < -0.3 is 10.5 Å². The molecule has 2 N–H and O–H groups in total. The molecule has 7 heteroatoms. The van der Waals surface area contributed by atoms with E-state index in [0.29, 0.717) is 26.2 Å². The molecule has 0 bridgehead atoms. The molecular formula is C21H23N5O2. The summed E-state index contributed by atoms with van der Waals surface area (Å²) in [6, 6.07) is 15.7. The Morgan fingerprint density at radius 2 is 1.46 bits per heavy atom. The van der Waals surface area contributed by atoms with Crippen LogP contribution in [-0.2, 0) is 35.8 Å². The van der Waals surface area contributed by atoms with Crippen molar-refractivity contribution in [1.29, 1.82) is 0 Å². The number of carbonyl (C=O) groups is 1. The molecule has 3 aromatic rings. The number of carbonyl (C=O) groups excluding carboxylic acids is 1. The number of hydrogen-bond donors (Lipinski definition) is 1. The van der Waals surface area contributed by atoms with Gasteiger partial charge in [0.05, 0.1) is 23.7 Å². The van der Waals surface area contributed by atoms with E-state index < -0.39 is 5.91 Å². The van der Waals surface area contributed by atoms with Crippen LogP contribution in [0.25, 0.3) is 0 Å². The lowest BCUT2D eigenvalue weighted by Gasteiger charge is -2.21. The van der Waals surface area contributed by atoms with Gasteiger partial charge in [-0.2, -0.15) is 0 Å². The van der Waals surface area contributed by atoms with Crippen molar-refractivity contribution in [3.8, 4) is 0 Å². The second-order valence-corrected chi connectivity index (χ2v) is 6.40. The first-order chi connectivity index (χ1) is 13.7. The van der Waals surface area contributed by atoms with Gasteiger partial charge in [-0.1, -0.05) is 18.2 Å². The summed E-state index contributed by atoms with van der Waals surface area (Å²) in [5, 5.41) is 0. The third kappa shape index (κ3) is 6.53. The van der Waals surface area contributed by atoms with E-state index >= 15 is 0 Å². The van der Waals surface area contributed by atoms with Crippen LogP contribution >= 0.6 is 0 Å². The molecule has 0 unspecified atom stereocenters. The molecule has 0 aliphatic carbocycles. The number of rotatable bonds is 10. The van der Waals surface area contributed by atoms with Crippen molar-refractivity contribution >= 4 is 5.91 Å². The molecule has 0 atom stereocenters. The summed E-state index contributed by atoms with van der Waals surface area (Å²) in [7, 11) is 0. The fraction of sp³-hybridized carbons (Fsp3) is 0.238. The molecule has 0 aromatic carbocycles. The summed E-state index contributed by atoms with van der Waals surface area (Å²) < 4.78 is 5.22. The largest absolute Gasteiger partial charge is 0.368 e. The first-order valence-corrected chi connectivity index (χ1v) is 9.01. The second-order valence-electron chi connectivity index (χ2n) is 6.40. The molecule has 3 rings (SSSR count). The van der Waals surface area contributed by atoms with E-state index in [9.17, 15) is 4.79 Å². The first kappa shape index (κ1) is 19.6. The lowest BCUT2D eigenvalue weighted by atomic mass is 10.2. The highest BCUT2D eigenvalue weighted by Crippen LogP contribution is 2.12. The summed E-state index contributed by atoms with van der Waals surface area (Å²) in [6.07, 6.45) is 5.36. The van der Waals surface area contributed by atoms with Gasteiger partial charge in [0.2, 0.25) is 5.91 Å². The molecule has 0 saturated carbocycles. The van der Waals surface area contributed by atoms with Crippen LogP contribution in [0.15, 0.2) is 67.1 Å². The van der Waals surface area contributed by atoms with Crippen molar-refractivity contribution < 1.29 is 9.53 Å². The lowest BCUT2D eigenvalue weighted by Crippen LogP contribution is -2.24. The van der Waals surface area contributed by atoms with Gasteiger partial charge in [-0.25, -0.2) is 0 Å². The van der Waals surface area contributed by atoms with Gasteiger partial charge >= 0.3 is 0 Å². The van der Waals surface area contributed by atoms with Gasteiger partial charge in [0.25, 0.3) is 0 Å². The highest BCUT2D eigenvalue weighted by Gasteiger charge is 2.11. The van der Waals surface area contributed by atoms with Crippen LogP contribution in [0.3, 0.4) is 0 Å². The van der Waals surface area contributed by atoms with Crippen molar-refractivity contribution in [1.82, 2.24) is 19.9 Å². The molecule has 7 nitrogen and oxygen atoms in total. The van der Waals surface area contributed by atoms with Gasteiger partial charge in [-0.05, 0) is 35.9 Å². The van der Waals surface area contributed by atoms with Crippen LogP contribution in [-0.4, -0.2) is 32.4 Å². The number of nitrogens with two attached hydrogens (primary N) is 1. The van der Waals surface area contributed by atoms with E-state index in [1.807, 2.05) is 48.5 Å². The van der Waals surface area contributed by atoms with E-state index in [1.54, 1.807) is 18.6 Å². The quantitative estimate of drug-likeness (QED) is 0.581. The molecule has 0 aliphatic rings. The van der Waals surface area contributed by atoms with E-state index in [1.165, 1.54) is 0 Å². The average molecular weight is 377 g/mol. The summed E-state index contributed by atoms with van der Waals surface area (Å²) in [5.74, 6) is -0.482. The molecule has 28 heavy (non-hydrogen) atoms. The van der Waals surface area contributed by atoms with Crippen LogP contribution in [0.2, 0.25) is 0 Å². The molecule has 0 spiro atoms. The molecule has 0 radical (unpaired) electrons. The third-order valence-electron chi connectivity index (χ3n) is 4.01. The lowest BCUT2D eigenvalue weighted by molar-refractivity contribution is -0.122. The fourth-order valence-corrected chi connectivity index (χ4v) is 2.74. The van der Waals surface area contributed by atoms with E-state index in [0.717, 1.165) is 22.6 Å². The molecule has 0 fully saturated rings. The van der Waals surface area contributed by atoms with E-state index in [4.69, 9.17) is 10.5 Å². The molecule has 144 valence electrons.